The van der Waals surface area contributed by atoms with Gasteiger partial charge < -0.3 is 9.67 Å². The van der Waals surface area contributed by atoms with Crippen molar-refractivity contribution < 1.29 is 14.7 Å². The molecule has 0 unspecified atom stereocenters. The molecule has 0 bridgehead atoms. The van der Waals surface area contributed by atoms with Crippen molar-refractivity contribution in [3.8, 4) is 5.69 Å². The molecular formula is C24H20IN3O3S. The Labute approximate surface area is 203 Å². The number of aliphatic imine (C=N–C) groups is 1. The maximum Gasteiger partial charge on any atom is 0.335 e. The van der Waals surface area contributed by atoms with Crippen molar-refractivity contribution in [1.82, 2.24) is 9.47 Å². The van der Waals surface area contributed by atoms with Gasteiger partial charge in [0.1, 0.15) is 0 Å². The number of carbonyl (C=O) groups is 2. The van der Waals surface area contributed by atoms with Crippen LogP contribution in [0.5, 0.6) is 0 Å². The Bertz CT molecular complexity index is 1280. The number of halogens is 1. The number of aromatic nitrogens is 1. The average Bonchev–Trinajstić information content (AvgIpc) is 3.19. The van der Waals surface area contributed by atoms with Crippen LogP contribution >= 0.6 is 34.4 Å². The lowest BCUT2D eigenvalue weighted by molar-refractivity contribution is -0.121. The lowest BCUT2D eigenvalue weighted by Crippen LogP contribution is -2.23. The van der Waals surface area contributed by atoms with E-state index in [0.29, 0.717) is 15.8 Å². The number of aromatic carboxylic acids is 1. The highest BCUT2D eigenvalue weighted by Crippen LogP contribution is 2.34. The van der Waals surface area contributed by atoms with Gasteiger partial charge in [0.15, 0.2) is 5.17 Å². The molecule has 1 N–H and O–H groups in total. The minimum Gasteiger partial charge on any atom is -0.478 e. The van der Waals surface area contributed by atoms with Crippen LogP contribution in [0.3, 0.4) is 0 Å². The van der Waals surface area contributed by atoms with Crippen molar-refractivity contribution in [2.75, 3.05) is 7.05 Å². The first-order valence-electron chi connectivity index (χ1n) is 9.79. The summed E-state index contributed by atoms with van der Waals surface area (Å²) in [5, 5.41) is 9.59. The number of amidine groups is 1. The third-order valence-corrected chi connectivity index (χ3v) is 6.96. The predicted molar refractivity (Wildman–Crippen MR) is 137 cm³/mol. The van der Waals surface area contributed by atoms with Crippen LogP contribution in [0, 0.1) is 17.4 Å². The molecule has 8 heteroatoms. The van der Waals surface area contributed by atoms with E-state index >= 15 is 0 Å². The molecule has 1 fully saturated rings. The Kier molecular flexibility index (Phi) is 6.25. The molecule has 2 heterocycles. The predicted octanol–water partition coefficient (Wildman–Crippen LogP) is 5.63. The number of thioether (sulfide) groups is 1. The fraction of sp³-hybridized carbons (Fsp3) is 0.125. The van der Waals surface area contributed by atoms with Crippen molar-refractivity contribution in [3.63, 3.8) is 0 Å². The highest BCUT2D eigenvalue weighted by atomic mass is 127. The van der Waals surface area contributed by atoms with Gasteiger partial charge in [0.05, 0.1) is 16.2 Å². The highest BCUT2D eigenvalue weighted by Gasteiger charge is 2.30. The number of nitrogens with zero attached hydrogens (tertiary/aromatic N) is 3. The van der Waals surface area contributed by atoms with E-state index in [1.807, 2.05) is 13.0 Å². The normalized spacial score (nSPS) is 16.4. The molecule has 1 aromatic heterocycles. The zero-order valence-corrected chi connectivity index (χ0v) is 20.6. The number of hydrogen-bond donors (Lipinski definition) is 1. The van der Waals surface area contributed by atoms with Gasteiger partial charge in [-0.15, -0.1) is 0 Å². The van der Waals surface area contributed by atoms with Crippen LogP contribution in [-0.2, 0) is 4.79 Å². The number of carboxylic acids is 1. The van der Waals surface area contributed by atoms with E-state index in [9.17, 15) is 9.59 Å². The molecule has 2 aromatic carbocycles. The van der Waals surface area contributed by atoms with E-state index in [-0.39, 0.29) is 11.5 Å². The minimum atomic E-state index is -0.986. The Morgan fingerprint density at radius 1 is 1.09 bits per heavy atom. The van der Waals surface area contributed by atoms with Gasteiger partial charge in [-0.1, -0.05) is 0 Å². The van der Waals surface area contributed by atoms with Gasteiger partial charge in [-0.2, -0.15) is 0 Å². The zero-order valence-electron chi connectivity index (χ0n) is 17.7. The third-order valence-electron chi connectivity index (χ3n) is 5.18. The van der Waals surface area contributed by atoms with Crippen LogP contribution in [-0.4, -0.2) is 38.7 Å². The third kappa shape index (κ3) is 4.37. The van der Waals surface area contributed by atoms with E-state index in [1.165, 1.54) is 32.4 Å². The van der Waals surface area contributed by atoms with Crippen molar-refractivity contribution in [2.45, 2.75) is 13.8 Å². The highest BCUT2D eigenvalue weighted by molar-refractivity contribution is 14.1. The molecule has 4 rings (SSSR count). The lowest BCUT2D eigenvalue weighted by Gasteiger charge is -2.09. The molecule has 0 atom stereocenters. The minimum absolute atomic E-state index is 0.116. The van der Waals surface area contributed by atoms with Gasteiger partial charge in [0.2, 0.25) is 0 Å². The van der Waals surface area contributed by atoms with Crippen LogP contribution in [0.2, 0.25) is 0 Å². The van der Waals surface area contributed by atoms with Gasteiger partial charge in [-0.25, -0.2) is 9.79 Å². The summed E-state index contributed by atoms with van der Waals surface area (Å²) >= 11 is 3.60. The molecular weight excluding hydrogens is 537 g/mol. The second kappa shape index (κ2) is 8.95. The maximum atomic E-state index is 12.8. The van der Waals surface area contributed by atoms with Gasteiger partial charge in [-0.3, -0.25) is 9.69 Å². The topological polar surface area (TPSA) is 74.9 Å². The first-order chi connectivity index (χ1) is 15.2. The molecule has 1 aliphatic rings. The summed E-state index contributed by atoms with van der Waals surface area (Å²) in [6.45, 7) is 4.10. The summed E-state index contributed by atoms with van der Waals surface area (Å²) < 4.78 is 3.35. The standard InChI is InChI=1S/C24H20IN3O3S/c1-14-12-17(15(2)28(14)20-10-6-18(25)7-11-20)13-21-22(29)27(3)24(32-21)26-19-8-4-16(5-9-19)23(30)31/h4-13H,1-3H3,(H,30,31)/b21-13-,26-24?. The molecule has 6 nitrogen and oxygen atoms in total. The molecule has 0 saturated carbocycles. The van der Waals surface area contributed by atoms with E-state index in [0.717, 1.165) is 22.6 Å². The molecule has 1 aliphatic heterocycles. The van der Waals surface area contributed by atoms with Crippen LogP contribution in [0.1, 0.15) is 27.3 Å². The Morgan fingerprint density at radius 3 is 2.38 bits per heavy atom. The van der Waals surface area contributed by atoms with Gasteiger partial charge >= 0.3 is 5.97 Å². The van der Waals surface area contributed by atoms with Gasteiger partial charge in [-0.05, 0) is 114 Å². The summed E-state index contributed by atoms with van der Waals surface area (Å²) in [6, 6.07) is 16.7. The van der Waals surface area contributed by atoms with Crippen molar-refractivity contribution in [2.24, 2.45) is 4.99 Å². The number of amides is 1. The first kappa shape index (κ1) is 22.3. The zero-order chi connectivity index (χ0) is 23.0. The van der Waals surface area contributed by atoms with Crippen LogP contribution in [0.25, 0.3) is 11.8 Å². The fourth-order valence-electron chi connectivity index (χ4n) is 3.50. The summed E-state index contributed by atoms with van der Waals surface area (Å²) in [5.74, 6) is -1.10. The first-order valence-corrected chi connectivity index (χ1v) is 11.7. The summed E-state index contributed by atoms with van der Waals surface area (Å²) in [4.78, 5) is 30.5. The number of benzene rings is 2. The molecule has 3 aromatic rings. The van der Waals surface area contributed by atoms with Gasteiger partial charge in [0, 0.05) is 27.7 Å². The number of rotatable bonds is 4. The SMILES string of the molecule is Cc1cc(/C=C2\SC(=Nc3ccc(C(=O)O)cc3)N(C)C2=O)c(C)n1-c1ccc(I)cc1. The quantitative estimate of drug-likeness (QED) is 0.334. The van der Waals surface area contributed by atoms with E-state index in [1.54, 1.807) is 19.2 Å². The van der Waals surface area contributed by atoms with E-state index in [2.05, 4.69) is 69.4 Å². The largest absolute Gasteiger partial charge is 0.478 e. The molecule has 0 aliphatic carbocycles. The van der Waals surface area contributed by atoms with Gasteiger partial charge in [0.25, 0.3) is 5.91 Å². The second-order valence-corrected chi connectivity index (χ2v) is 9.61. The second-order valence-electron chi connectivity index (χ2n) is 7.36. The van der Waals surface area contributed by atoms with Crippen LogP contribution < -0.4 is 0 Å². The molecule has 0 spiro atoms. The van der Waals surface area contributed by atoms with Crippen molar-refractivity contribution in [3.05, 3.63) is 85.6 Å². The molecule has 162 valence electrons. The number of carboxylic acid groups (broad SMARTS) is 1. The summed E-state index contributed by atoms with van der Waals surface area (Å²) in [6.07, 6.45) is 1.91. The molecule has 1 amide bonds. The Morgan fingerprint density at radius 2 is 1.75 bits per heavy atom. The molecule has 32 heavy (non-hydrogen) atoms. The van der Waals surface area contributed by atoms with E-state index in [4.69, 9.17) is 5.11 Å². The molecule has 0 radical (unpaired) electrons. The van der Waals surface area contributed by atoms with Crippen LogP contribution in [0.15, 0.2) is 64.5 Å². The lowest BCUT2D eigenvalue weighted by atomic mass is 10.2. The summed E-state index contributed by atoms with van der Waals surface area (Å²) in [7, 11) is 1.69. The molecule has 1 saturated heterocycles. The van der Waals surface area contributed by atoms with Crippen LogP contribution in [0.4, 0.5) is 5.69 Å². The Hall–Kier alpha value is -2.85. The average molecular weight is 557 g/mol. The smallest absolute Gasteiger partial charge is 0.335 e. The van der Waals surface area contributed by atoms with E-state index < -0.39 is 5.97 Å². The number of hydrogen-bond acceptors (Lipinski definition) is 4. The fourth-order valence-corrected chi connectivity index (χ4v) is 4.84. The van der Waals surface area contributed by atoms with Crippen molar-refractivity contribution >= 4 is 63.2 Å². The number of likely N-dealkylation sites (N-methyl/N-ethyl adjacent to an activating group) is 1. The van der Waals surface area contributed by atoms with Crippen molar-refractivity contribution in [1.29, 1.82) is 0 Å². The number of carbonyl (C=O) groups excluding carboxylic acids is 1. The Balaban J connectivity index is 1.64. The monoisotopic (exact) mass is 557 g/mol. The maximum absolute atomic E-state index is 12.8. The number of aryl methyl sites for hydroxylation is 1. The summed E-state index contributed by atoms with van der Waals surface area (Å²) in [5.41, 5.74) is 5.00.